The van der Waals surface area contributed by atoms with Crippen LogP contribution in [0.4, 0.5) is 17.3 Å². The van der Waals surface area contributed by atoms with Crippen molar-refractivity contribution in [3.8, 4) is 21.7 Å². The molecule has 5 N–H and O–H groups in total. The van der Waals surface area contributed by atoms with Crippen LogP contribution in [-0.2, 0) is 27.5 Å². The molecule has 2 unspecified atom stereocenters. The number of hydrogen-bond acceptors (Lipinski definition) is 13. The van der Waals surface area contributed by atoms with Crippen LogP contribution < -0.4 is 21.3 Å². The minimum atomic E-state index is -0.758. The van der Waals surface area contributed by atoms with Gasteiger partial charge in [-0.3, -0.25) is 29.1 Å². The van der Waals surface area contributed by atoms with Crippen LogP contribution in [0.1, 0.15) is 105 Å². The number of piperazine rings is 1. The van der Waals surface area contributed by atoms with Crippen molar-refractivity contribution >= 4 is 52.3 Å². The van der Waals surface area contributed by atoms with Gasteiger partial charge in [-0.2, -0.15) is 0 Å². The molecule has 17 heteroatoms. The fourth-order valence-electron chi connectivity index (χ4n) is 9.84. The molecular formula is C59H73N11O5S. The zero-order chi connectivity index (χ0) is 53.6. The van der Waals surface area contributed by atoms with Gasteiger partial charge in [-0.25, -0.2) is 15.0 Å². The average molecular weight is 1050 g/mol. The second kappa shape index (κ2) is 26.2. The number of thiazole rings is 1. The first-order valence-corrected chi connectivity index (χ1v) is 27.6. The van der Waals surface area contributed by atoms with E-state index >= 15 is 0 Å². The minimum absolute atomic E-state index is 0.132. The summed E-state index contributed by atoms with van der Waals surface area (Å²) in [5.74, 6) is 0.0428. The smallest absolute Gasteiger partial charge is 0.255 e. The molecule has 0 radical (unpaired) electrons. The standard InChI is InChI=1S/C59H73N11O5S/c1-40-15-24-47(33-50(40)67-58-62-28-25-49(66-58)46-13-12-26-60-36-46)65-55(73)45-22-18-43(19-23-45)37-68-29-31-69(32-30-68)52(72)14-10-8-6-7-9-11-27-61-54(59(3,4)5)57(75)70-38-48(71)34-51(70)56(74)63-35-42-16-20-44(21-17-42)53-41(2)64-39-76-53/h12-13,15-26,28,33,36,39,48,51,54,61,71H,6-11,14,27,29-32,34-35,37-38H2,1-5H3,(H,63,74)(H,65,73)(H,62,66,67)/t48?,51?,54-/m1/s1. The monoisotopic (exact) mass is 1050 g/mol. The Balaban J connectivity index is 0.687. The van der Waals surface area contributed by atoms with E-state index in [1.54, 1.807) is 34.8 Å². The number of nitrogens with zero attached hydrogens (tertiary/aromatic N) is 7. The molecule has 0 aliphatic carbocycles. The van der Waals surface area contributed by atoms with Crippen molar-refractivity contribution in [3.63, 3.8) is 0 Å². The molecule has 3 aromatic carbocycles. The summed E-state index contributed by atoms with van der Waals surface area (Å²) in [6, 6.07) is 25.9. The molecule has 3 atom stereocenters. The number of amides is 4. The number of β-amino-alcohol motifs (C(OH)–C–C–N with tert-alkyl or cyclic N) is 1. The molecule has 16 nitrogen and oxygen atoms in total. The highest BCUT2D eigenvalue weighted by molar-refractivity contribution is 7.13. The zero-order valence-electron chi connectivity index (χ0n) is 44.6. The summed E-state index contributed by atoms with van der Waals surface area (Å²) in [5, 5.41) is 23.5. The molecule has 8 rings (SSSR count). The molecule has 0 bridgehead atoms. The Morgan fingerprint density at radius 3 is 2.26 bits per heavy atom. The van der Waals surface area contributed by atoms with Gasteiger partial charge in [0.2, 0.25) is 23.7 Å². The highest BCUT2D eigenvalue weighted by Gasteiger charge is 2.43. The molecule has 2 saturated heterocycles. The SMILES string of the molecule is Cc1ccc(NC(=O)c2ccc(CN3CCN(C(=O)CCCCCCCCN[C@H](C(=O)N4CC(O)CC4C(=O)NCc4ccc(-c5scnc5C)cc4)C(C)(C)C)CC3)cc2)cc1Nc1nccc(-c2cccnc2)n1. The third kappa shape index (κ3) is 15.1. The number of carbonyl (C=O) groups is 4. The molecule has 0 saturated carbocycles. The second-order valence-corrected chi connectivity index (χ2v) is 22.0. The van der Waals surface area contributed by atoms with Gasteiger partial charge in [-0.05, 0) is 103 Å². The van der Waals surface area contributed by atoms with Crippen molar-refractivity contribution in [3.05, 3.63) is 137 Å². The summed E-state index contributed by atoms with van der Waals surface area (Å²) >= 11 is 1.60. The van der Waals surface area contributed by atoms with E-state index in [0.29, 0.717) is 49.8 Å². The Morgan fingerprint density at radius 2 is 1.55 bits per heavy atom. The van der Waals surface area contributed by atoms with Crippen LogP contribution in [0, 0.1) is 19.3 Å². The summed E-state index contributed by atoms with van der Waals surface area (Å²) in [6.07, 6.45) is 11.1. The molecule has 4 amide bonds. The number of aliphatic hydroxyl groups excluding tert-OH is 1. The van der Waals surface area contributed by atoms with E-state index in [4.69, 9.17) is 0 Å². The van der Waals surface area contributed by atoms with Gasteiger partial charge in [-0.1, -0.05) is 88.9 Å². The third-order valence-corrected chi connectivity index (χ3v) is 15.3. The number of aliphatic hydroxyl groups is 1. The Hall–Kier alpha value is -6.92. The number of unbranched alkanes of at least 4 members (excludes halogenated alkanes) is 5. The molecule has 76 heavy (non-hydrogen) atoms. The zero-order valence-corrected chi connectivity index (χ0v) is 45.4. The maximum atomic E-state index is 14.1. The predicted molar refractivity (Wildman–Crippen MR) is 300 cm³/mol. The average Bonchev–Trinajstić information content (AvgIpc) is 4.05. The van der Waals surface area contributed by atoms with E-state index in [1.807, 2.05) is 130 Å². The van der Waals surface area contributed by atoms with Crippen molar-refractivity contribution in [2.45, 2.75) is 117 Å². The number of likely N-dealkylation sites (tertiary alicyclic amines) is 1. The lowest BCUT2D eigenvalue weighted by Crippen LogP contribution is -2.56. The first-order chi connectivity index (χ1) is 36.7. The first kappa shape index (κ1) is 55.3. The van der Waals surface area contributed by atoms with E-state index in [2.05, 4.69) is 46.1 Å². The van der Waals surface area contributed by atoms with Gasteiger partial charge in [0.1, 0.15) is 6.04 Å². The maximum Gasteiger partial charge on any atom is 0.255 e. The summed E-state index contributed by atoms with van der Waals surface area (Å²) in [6.45, 7) is 14.9. The number of aryl methyl sites for hydroxylation is 2. The van der Waals surface area contributed by atoms with Crippen LogP contribution in [0.3, 0.4) is 0 Å². The van der Waals surface area contributed by atoms with Crippen molar-refractivity contribution in [1.82, 2.24) is 45.3 Å². The Kier molecular flexibility index (Phi) is 19.1. The van der Waals surface area contributed by atoms with Crippen molar-refractivity contribution < 1.29 is 24.3 Å². The van der Waals surface area contributed by atoms with E-state index < -0.39 is 23.6 Å². The molecule has 5 heterocycles. The number of nitrogens with one attached hydrogen (secondary N) is 4. The van der Waals surface area contributed by atoms with Gasteiger partial charge < -0.3 is 36.2 Å². The van der Waals surface area contributed by atoms with E-state index in [-0.39, 0.29) is 36.6 Å². The number of anilines is 3. The van der Waals surface area contributed by atoms with Crippen molar-refractivity contribution in [2.24, 2.45) is 5.41 Å². The summed E-state index contributed by atoms with van der Waals surface area (Å²) in [5.41, 5.74) is 10.2. The van der Waals surface area contributed by atoms with E-state index in [1.165, 1.54) is 0 Å². The van der Waals surface area contributed by atoms with Crippen molar-refractivity contribution in [2.75, 3.05) is 49.9 Å². The molecule has 2 fully saturated rings. The third-order valence-electron chi connectivity index (χ3n) is 14.3. The number of carbonyl (C=O) groups excluding carboxylic acids is 4. The lowest BCUT2D eigenvalue weighted by Gasteiger charge is -2.35. The van der Waals surface area contributed by atoms with Gasteiger partial charge >= 0.3 is 0 Å². The predicted octanol–water partition coefficient (Wildman–Crippen LogP) is 8.93. The van der Waals surface area contributed by atoms with Crippen LogP contribution >= 0.6 is 11.3 Å². The highest BCUT2D eigenvalue weighted by atomic mass is 32.1. The fraction of sp³-hybridized carbons (Fsp3) is 0.424. The summed E-state index contributed by atoms with van der Waals surface area (Å²) in [4.78, 5) is 78.6. The number of pyridine rings is 1. The van der Waals surface area contributed by atoms with Gasteiger partial charge in [0.05, 0.1) is 33.9 Å². The van der Waals surface area contributed by atoms with Crippen LogP contribution in [0.25, 0.3) is 21.7 Å². The van der Waals surface area contributed by atoms with Crippen LogP contribution in [0.15, 0.2) is 109 Å². The van der Waals surface area contributed by atoms with Gasteiger partial charge in [-0.15, -0.1) is 11.3 Å². The number of aromatic nitrogens is 4. The van der Waals surface area contributed by atoms with Gasteiger partial charge in [0.15, 0.2) is 0 Å². The molecule has 2 aliphatic heterocycles. The number of hydrogen-bond donors (Lipinski definition) is 5. The summed E-state index contributed by atoms with van der Waals surface area (Å²) in [7, 11) is 0. The van der Waals surface area contributed by atoms with E-state index in [0.717, 1.165) is 108 Å². The molecule has 2 aliphatic rings. The molecule has 0 spiro atoms. The maximum absolute atomic E-state index is 14.1. The lowest BCUT2D eigenvalue weighted by atomic mass is 9.85. The number of rotatable bonds is 22. The second-order valence-electron chi connectivity index (χ2n) is 21.2. The van der Waals surface area contributed by atoms with Crippen LogP contribution in [0.5, 0.6) is 0 Å². The highest BCUT2D eigenvalue weighted by Crippen LogP contribution is 2.30. The Labute approximate surface area is 451 Å². The number of benzene rings is 3. The topological polar surface area (TPSA) is 198 Å². The minimum Gasteiger partial charge on any atom is -0.391 e. The van der Waals surface area contributed by atoms with Crippen LogP contribution in [0.2, 0.25) is 0 Å². The Bertz CT molecular complexity index is 2880. The van der Waals surface area contributed by atoms with E-state index in [9.17, 15) is 24.3 Å². The van der Waals surface area contributed by atoms with Gasteiger partial charge in [0.25, 0.3) is 5.91 Å². The molecule has 400 valence electrons. The first-order valence-electron chi connectivity index (χ1n) is 26.7. The Morgan fingerprint density at radius 1 is 0.816 bits per heavy atom. The van der Waals surface area contributed by atoms with Gasteiger partial charge in [0, 0.05) is 99.7 Å². The normalized spacial score (nSPS) is 16.3. The molecule has 3 aromatic heterocycles. The summed E-state index contributed by atoms with van der Waals surface area (Å²) < 4.78 is 0. The largest absolute Gasteiger partial charge is 0.391 e. The molecular weight excluding hydrogens is 975 g/mol. The van der Waals surface area contributed by atoms with Crippen LogP contribution in [-0.4, -0.2) is 121 Å². The lowest BCUT2D eigenvalue weighted by molar-refractivity contribution is -0.142. The molecule has 6 aromatic rings. The quantitative estimate of drug-likeness (QED) is 0.0406. The fourth-order valence-corrected chi connectivity index (χ4v) is 10.6. The van der Waals surface area contributed by atoms with Crippen molar-refractivity contribution in [1.29, 1.82) is 0 Å².